The van der Waals surface area contributed by atoms with Crippen LogP contribution < -0.4 is 5.73 Å². The fourth-order valence-corrected chi connectivity index (χ4v) is 1.92. The van der Waals surface area contributed by atoms with E-state index in [-0.39, 0.29) is 0 Å². The number of hydrogen-bond acceptors (Lipinski definition) is 3. The highest BCUT2D eigenvalue weighted by molar-refractivity contribution is 5.86. The molecule has 3 rings (SSSR count). The van der Waals surface area contributed by atoms with Gasteiger partial charge in [-0.15, -0.1) is 5.10 Å². The highest BCUT2D eigenvalue weighted by Gasteiger charge is 2.12. The first-order valence-electron chi connectivity index (χ1n) is 5.42. The number of nitrogen functional groups attached to an aromatic ring is 1. The first kappa shape index (κ1) is 9.84. The number of fused-ring (bicyclic) bond motifs is 1. The topological polar surface area (TPSA) is 56.2 Å². The maximum absolute atomic E-state index is 5.96. The highest BCUT2D eigenvalue weighted by atomic mass is 15.3. The molecule has 0 aliphatic rings. The number of aryl methyl sites for hydroxylation is 1. The monoisotopic (exact) mass is 224 g/mol. The quantitative estimate of drug-likeness (QED) is 0.690. The summed E-state index contributed by atoms with van der Waals surface area (Å²) in [6.07, 6.45) is 1.88. The van der Waals surface area contributed by atoms with Gasteiger partial charge in [0.05, 0.1) is 5.56 Å². The Morgan fingerprint density at radius 2 is 1.88 bits per heavy atom. The van der Waals surface area contributed by atoms with E-state index in [1.165, 1.54) is 0 Å². The molecule has 1 aromatic carbocycles. The second-order valence-corrected chi connectivity index (χ2v) is 3.96. The standard InChI is InChI=1S/C13H12N4/c1-9-7-8-17-13(15-9)11(12(14)16-17)10-5-3-2-4-6-10/h2-8H,1H3,(H2,14,16). The number of anilines is 1. The van der Waals surface area contributed by atoms with Gasteiger partial charge in [0.15, 0.2) is 11.5 Å². The summed E-state index contributed by atoms with van der Waals surface area (Å²) in [5.74, 6) is 0.509. The van der Waals surface area contributed by atoms with Crippen molar-refractivity contribution in [3.05, 3.63) is 48.3 Å². The van der Waals surface area contributed by atoms with Crippen molar-refractivity contribution >= 4 is 11.5 Å². The lowest BCUT2D eigenvalue weighted by atomic mass is 10.1. The van der Waals surface area contributed by atoms with Crippen LogP contribution in [0.3, 0.4) is 0 Å². The molecule has 0 aliphatic heterocycles. The van der Waals surface area contributed by atoms with E-state index in [9.17, 15) is 0 Å². The fourth-order valence-electron chi connectivity index (χ4n) is 1.92. The molecule has 0 spiro atoms. The molecule has 0 bridgehead atoms. The zero-order valence-electron chi connectivity index (χ0n) is 9.46. The maximum Gasteiger partial charge on any atom is 0.165 e. The van der Waals surface area contributed by atoms with Gasteiger partial charge < -0.3 is 5.73 Å². The van der Waals surface area contributed by atoms with Crippen molar-refractivity contribution in [2.24, 2.45) is 0 Å². The zero-order chi connectivity index (χ0) is 11.8. The van der Waals surface area contributed by atoms with E-state index in [2.05, 4.69) is 10.1 Å². The Balaban J connectivity index is 2.35. The maximum atomic E-state index is 5.96. The van der Waals surface area contributed by atoms with Crippen molar-refractivity contribution in [3.63, 3.8) is 0 Å². The first-order chi connectivity index (χ1) is 8.25. The molecular weight excluding hydrogens is 212 g/mol. The van der Waals surface area contributed by atoms with Crippen LogP contribution in [0.1, 0.15) is 5.69 Å². The Morgan fingerprint density at radius 3 is 2.65 bits per heavy atom. The Bertz CT molecular complexity index is 670. The third kappa shape index (κ3) is 1.54. The van der Waals surface area contributed by atoms with Crippen LogP contribution in [0.4, 0.5) is 5.82 Å². The molecule has 0 fully saturated rings. The molecule has 0 amide bonds. The molecule has 3 aromatic rings. The molecule has 84 valence electrons. The van der Waals surface area contributed by atoms with Gasteiger partial charge in [0.2, 0.25) is 0 Å². The van der Waals surface area contributed by atoms with Gasteiger partial charge >= 0.3 is 0 Å². The number of nitrogens with two attached hydrogens (primary N) is 1. The van der Waals surface area contributed by atoms with Crippen LogP contribution in [-0.2, 0) is 0 Å². The minimum absolute atomic E-state index is 0.509. The normalized spacial score (nSPS) is 10.9. The third-order valence-corrected chi connectivity index (χ3v) is 2.71. The average molecular weight is 224 g/mol. The molecule has 2 heterocycles. The average Bonchev–Trinajstić information content (AvgIpc) is 2.65. The largest absolute Gasteiger partial charge is 0.382 e. The Labute approximate surface area is 98.7 Å². The van der Waals surface area contributed by atoms with Crippen LogP contribution >= 0.6 is 0 Å². The molecule has 0 unspecified atom stereocenters. The number of aromatic nitrogens is 3. The smallest absolute Gasteiger partial charge is 0.165 e. The molecule has 2 N–H and O–H groups in total. The van der Waals surface area contributed by atoms with Gasteiger partial charge in [-0.05, 0) is 18.6 Å². The van der Waals surface area contributed by atoms with Crippen LogP contribution in [0.25, 0.3) is 16.8 Å². The lowest BCUT2D eigenvalue weighted by molar-refractivity contribution is 0.935. The molecule has 0 saturated heterocycles. The summed E-state index contributed by atoms with van der Waals surface area (Å²) < 4.78 is 1.71. The number of rotatable bonds is 1. The van der Waals surface area contributed by atoms with Crippen LogP contribution in [0.5, 0.6) is 0 Å². The van der Waals surface area contributed by atoms with Gasteiger partial charge in [0.25, 0.3) is 0 Å². The van der Waals surface area contributed by atoms with Gasteiger partial charge in [-0.2, -0.15) is 0 Å². The molecule has 0 saturated carbocycles. The third-order valence-electron chi connectivity index (χ3n) is 2.71. The molecule has 4 heteroatoms. The lowest BCUT2D eigenvalue weighted by Gasteiger charge is -2.00. The second-order valence-electron chi connectivity index (χ2n) is 3.96. The fraction of sp³-hybridized carbons (Fsp3) is 0.0769. The van der Waals surface area contributed by atoms with Crippen molar-refractivity contribution in [2.75, 3.05) is 5.73 Å². The van der Waals surface area contributed by atoms with E-state index in [1.807, 2.05) is 49.5 Å². The van der Waals surface area contributed by atoms with Crippen LogP contribution in [0.15, 0.2) is 42.6 Å². The molecule has 0 radical (unpaired) electrons. The van der Waals surface area contributed by atoms with Crippen LogP contribution in [-0.4, -0.2) is 14.6 Å². The highest BCUT2D eigenvalue weighted by Crippen LogP contribution is 2.28. The van der Waals surface area contributed by atoms with E-state index >= 15 is 0 Å². The summed E-state index contributed by atoms with van der Waals surface area (Å²) in [7, 11) is 0. The van der Waals surface area contributed by atoms with Gasteiger partial charge in [0, 0.05) is 11.9 Å². The summed E-state index contributed by atoms with van der Waals surface area (Å²) in [6.45, 7) is 1.96. The minimum Gasteiger partial charge on any atom is -0.382 e. The molecule has 0 atom stereocenters. The van der Waals surface area contributed by atoms with E-state index in [0.29, 0.717) is 5.82 Å². The van der Waals surface area contributed by atoms with Crippen LogP contribution in [0, 0.1) is 6.92 Å². The summed E-state index contributed by atoms with van der Waals surface area (Å²) in [4.78, 5) is 4.49. The second kappa shape index (κ2) is 3.59. The predicted octanol–water partition coefficient (Wildman–Crippen LogP) is 2.29. The van der Waals surface area contributed by atoms with E-state index in [0.717, 1.165) is 22.5 Å². The number of nitrogens with zero attached hydrogens (tertiary/aromatic N) is 3. The van der Waals surface area contributed by atoms with Crippen molar-refractivity contribution < 1.29 is 0 Å². The zero-order valence-corrected chi connectivity index (χ0v) is 9.46. The van der Waals surface area contributed by atoms with Gasteiger partial charge in [0.1, 0.15) is 0 Å². The number of benzene rings is 1. The summed E-state index contributed by atoms with van der Waals surface area (Å²) in [6, 6.07) is 11.9. The molecule has 17 heavy (non-hydrogen) atoms. The lowest BCUT2D eigenvalue weighted by Crippen LogP contribution is -1.91. The van der Waals surface area contributed by atoms with Crippen molar-refractivity contribution in [1.82, 2.24) is 14.6 Å². The van der Waals surface area contributed by atoms with Gasteiger partial charge in [-0.1, -0.05) is 30.3 Å². The minimum atomic E-state index is 0.509. The van der Waals surface area contributed by atoms with Crippen LogP contribution in [0.2, 0.25) is 0 Å². The van der Waals surface area contributed by atoms with Gasteiger partial charge in [-0.3, -0.25) is 0 Å². The predicted molar refractivity (Wildman–Crippen MR) is 67.6 cm³/mol. The molecule has 0 aliphatic carbocycles. The Morgan fingerprint density at radius 1 is 1.12 bits per heavy atom. The Kier molecular flexibility index (Phi) is 2.08. The van der Waals surface area contributed by atoms with E-state index in [1.54, 1.807) is 4.52 Å². The Hall–Kier alpha value is -2.36. The molecule has 2 aromatic heterocycles. The SMILES string of the molecule is Cc1ccn2nc(N)c(-c3ccccc3)c2n1. The molecule has 4 nitrogen and oxygen atoms in total. The summed E-state index contributed by atoms with van der Waals surface area (Å²) in [5.41, 5.74) is 9.65. The summed E-state index contributed by atoms with van der Waals surface area (Å²) >= 11 is 0. The first-order valence-corrected chi connectivity index (χ1v) is 5.42. The summed E-state index contributed by atoms with van der Waals surface area (Å²) in [5, 5.41) is 4.26. The van der Waals surface area contributed by atoms with E-state index < -0.39 is 0 Å². The van der Waals surface area contributed by atoms with Gasteiger partial charge in [-0.25, -0.2) is 9.50 Å². The van der Waals surface area contributed by atoms with Crippen molar-refractivity contribution in [2.45, 2.75) is 6.92 Å². The van der Waals surface area contributed by atoms with Crippen molar-refractivity contribution in [3.8, 4) is 11.1 Å². The van der Waals surface area contributed by atoms with E-state index in [4.69, 9.17) is 5.73 Å². The number of hydrogen-bond donors (Lipinski definition) is 1. The van der Waals surface area contributed by atoms with Crippen molar-refractivity contribution in [1.29, 1.82) is 0 Å². The molecular formula is C13H12N4.